The molecular weight excluding hydrogens is 354 g/mol. The number of aromatic amines is 1. The molecule has 1 amide bonds. The molecule has 0 saturated carbocycles. The minimum absolute atomic E-state index is 0.362. The Morgan fingerprint density at radius 3 is 2.79 bits per heavy atom. The summed E-state index contributed by atoms with van der Waals surface area (Å²) in [6, 6.07) is 14.5. The van der Waals surface area contributed by atoms with E-state index in [2.05, 4.69) is 15.3 Å². The third-order valence-corrected chi connectivity index (χ3v) is 4.80. The molecule has 2 aromatic heterocycles. The van der Waals surface area contributed by atoms with E-state index in [1.165, 1.54) is 0 Å². The molecule has 6 heteroatoms. The van der Waals surface area contributed by atoms with Crippen molar-refractivity contribution in [3.63, 3.8) is 0 Å². The number of carbonyl (C=O) groups is 2. The van der Waals surface area contributed by atoms with E-state index in [-0.39, 0.29) is 6.61 Å². The monoisotopic (exact) mass is 373 g/mol. The van der Waals surface area contributed by atoms with Crippen molar-refractivity contribution in [3.05, 3.63) is 71.5 Å². The number of H-pyrrole nitrogens is 1. The van der Waals surface area contributed by atoms with Crippen LogP contribution in [-0.4, -0.2) is 28.5 Å². The van der Waals surface area contributed by atoms with Crippen LogP contribution in [0.4, 0.5) is 5.69 Å². The highest BCUT2D eigenvalue weighted by Gasteiger charge is 2.13. The highest BCUT2D eigenvalue weighted by molar-refractivity contribution is 6.02. The molecule has 0 atom stereocenters. The Morgan fingerprint density at radius 1 is 1.07 bits per heavy atom. The number of aromatic nitrogens is 2. The number of hydrogen-bond donors (Lipinski definition) is 2. The number of fused-ring (bicyclic) bond motifs is 2. The Labute approximate surface area is 161 Å². The standard InChI is InChI=1S/C22H19N3O3/c1-13-14(2)24-20-9-8-15(11-17(13)20)22(27)28-12-21(26)25-19-7-3-6-18-16(19)5-4-10-23-18/h3-11,24H,12H2,1-2H3,(H,25,26). The van der Waals surface area contributed by atoms with Gasteiger partial charge < -0.3 is 15.0 Å². The maximum Gasteiger partial charge on any atom is 0.338 e. The van der Waals surface area contributed by atoms with Crippen molar-refractivity contribution in [1.82, 2.24) is 9.97 Å². The minimum Gasteiger partial charge on any atom is -0.452 e. The zero-order chi connectivity index (χ0) is 19.7. The number of rotatable bonds is 4. The molecule has 0 unspecified atom stereocenters. The lowest BCUT2D eigenvalue weighted by Crippen LogP contribution is -2.21. The Morgan fingerprint density at radius 2 is 1.93 bits per heavy atom. The summed E-state index contributed by atoms with van der Waals surface area (Å²) in [5.74, 6) is -0.936. The van der Waals surface area contributed by atoms with Crippen molar-refractivity contribution < 1.29 is 14.3 Å². The molecule has 0 saturated heterocycles. The number of aryl methyl sites for hydroxylation is 2. The van der Waals surface area contributed by atoms with E-state index >= 15 is 0 Å². The van der Waals surface area contributed by atoms with E-state index in [0.29, 0.717) is 11.3 Å². The van der Waals surface area contributed by atoms with Gasteiger partial charge in [-0.25, -0.2) is 4.79 Å². The number of esters is 1. The van der Waals surface area contributed by atoms with E-state index in [1.807, 2.05) is 38.1 Å². The van der Waals surface area contributed by atoms with Gasteiger partial charge in [0.1, 0.15) is 0 Å². The maximum atomic E-state index is 12.4. The quantitative estimate of drug-likeness (QED) is 0.527. The third kappa shape index (κ3) is 3.32. The van der Waals surface area contributed by atoms with Crippen LogP contribution in [0, 0.1) is 13.8 Å². The third-order valence-electron chi connectivity index (χ3n) is 4.80. The SMILES string of the molecule is Cc1[nH]c2ccc(C(=O)OCC(=O)Nc3cccc4ncccc34)cc2c1C. The Hall–Kier alpha value is -3.67. The lowest BCUT2D eigenvalue weighted by atomic mass is 10.1. The zero-order valence-corrected chi connectivity index (χ0v) is 15.6. The van der Waals surface area contributed by atoms with Crippen LogP contribution < -0.4 is 5.32 Å². The summed E-state index contributed by atoms with van der Waals surface area (Å²) in [6.45, 7) is 3.62. The van der Waals surface area contributed by atoms with E-state index < -0.39 is 11.9 Å². The van der Waals surface area contributed by atoms with Crippen molar-refractivity contribution in [2.45, 2.75) is 13.8 Å². The lowest BCUT2D eigenvalue weighted by Gasteiger charge is -2.09. The molecule has 0 radical (unpaired) electrons. The van der Waals surface area contributed by atoms with Crippen LogP contribution in [0.2, 0.25) is 0 Å². The molecule has 0 bridgehead atoms. The smallest absolute Gasteiger partial charge is 0.338 e. The molecule has 6 nitrogen and oxygen atoms in total. The molecule has 0 aliphatic rings. The van der Waals surface area contributed by atoms with Crippen LogP contribution >= 0.6 is 0 Å². The van der Waals surface area contributed by atoms with E-state index in [0.717, 1.165) is 33.1 Å². The summed E-state index contributed by atoms with van der Waals surface area (Å²) in [5, 5.41) is 4.57. The van der Waals surface area contributed by atoms with Gasteiger partial charge in [0.2, 0.25) is 0 Å². The van der Waals surface area contributed by atoms with Gasteiger partial charge in [-0.1, -0.05) is 6.07 Å². The molecule has 2 N–H and O–H groups in total. The summed E-state index contributed by atoms with van der Waals surface area (Å²) in [5.41, 5.74) is 4.94. The van der Waals surface area contributed by atoms with Crippen LogP contribution in [0.5, 0.6) is 0 Å². The average molecular weight is 373 g/mol. The van der Waals surface area contributed by atoms with Gasteiger partial charge in [0.15, 0.2) is 6.61 Å². The van der Waals surface area contributed by atoms with Crippen LogP contribution in [0.3, 0.4) is 0 Å². The molecule has 0 aliphatic heterocycles. The second-order valence-electron chi connectivity index (χ2n) is 6.64. The van der Waals surface area contributed by atoms with Gasteiger partial charge in [-0.2, -0.15) is 0 Å². The van der Waals surface area contributed by atoms with Crippen LogP contribution in [-0.2, 0) is 9.53 Å². The second-order valence-corrected chi connectivity index (χ2v) is 6.64. The van der Waals surface area contributed by atoms with Crippen LogP contribution in [0.15, 0.2) is 54.7 Å². The van der Waals surface area contributed by atoms with Crippen molar-refractivity contribution in [2.75, 3.05) is 11.9 Å². The number of nitrogens with one attached hydrogen (secondary N) is 2. The highest BCUT2D eigenvalue weighted by atomic mass is 16.5. The Kier molecular flexibility index (Phi) is 4.53. The number of carbonyl (C=O) groups excluding carboxylic acids is 2. The molecule has 2 heterocycles. The predicted octanol–water partition coefficient (Wildman–Crippen LogP) is 4.13. The van der Waals surface area contributed by atoms with Crippen molar-refractivity contribution >= 4 is 39.4 Å². The van der Waals surface area contributed by atoms with Gasteiger partial charge in [-0.3, -0.25) is 9.78 Å². The summed E-state index contributed by atoms with van der Waals surface area (Å²) < 4.78 is 5.19. The number of pyridine rings is 1. The molecule has 0 aliphatic carbocycles. The first-order valence-electron chi connectivity index (χ1n) is 8.92. The van der Waals surface area contributed by atoms with Gasteiger partial charge in [-0.15, -0.1) is 0 Å². The molecule has 4 rings (SSSR count). The number of benzene rings is 2. The number of ether oxygens (including phenoxy) is 1. The minimum atomic E-state index is -0.533. The molecule has 140 valence electrons. The molecule has 0 fully saturated rings. The average Bonchev–Trinajstić information content (AvgIpc) is 3.00. The Bertz CT molecular complexity index is 1210. The molecule has 4 aromatic rings. The lowest BCUT2D eigenvalue weighted by molar-refractivity contribution is -0.119. The number of amides is 1. The first-order chi connectivity index (χ1) is 13.5. The maximum absolute atomic E-state index is 12.4. The fourth-order valence-corrected chi connectivity index (χ4v) is 3.20. The fraction of sp³-hybridized carbons (Fsp3) is 0.136. The summed E-state index contributed by atoms with van der Waals surface area (Å²) in [4.78, 5) is 32.1. The number of nitrogens with zero attached hydrogens (tertiary/aromatic N) is 1. The normalized spacial score (nSPS) is 10.9. The first kappa shape index (κ1) is 17.7. The summed E-state index contributed by atoms with van der Waals surface area (Å²) in [7, 11) is 0. The Balaban J connectivity index is 1.44. The van der Waals surface area contributed by atoms with Crippen LogP contribution in [0.1, 0.15) is 21.6 Å². The van der Waals surface area contributed by atoms with Crippen molar-refractivity contribution in [3.8, 4) is 0 Å². The van der Waals surface area contributed by atoms with Gasteiger partial charge in [0.25, 0.3) is 5.91 Å². The van der Waals surface area contributed by atoms with Gasteiger partial charge in [0, 0.05) is 28.2 Å². The summed E-state index contributed by atoms with van der Waals surface area (Å²) >= 11 is 0. The largest absolute Gasteiger partial charge is 0.452 e. The second kappa shape index (κ2) is 7.15. The fourth-order valence-electron chi connectivity index (χ4n) is 3.20. The van der Waals surface area contributed by atoms with Gasteiger partial charge in [0.05, 0.1) is 16.8 Å². The molecule has 28 heavy (non-hydrogen) atoms. The molecule has 0 spiro atoms. The van der Waals surface area contributed by atoms with Crippen molar-refractivity contribution in [2.24, 2.45) is 0 Å². The van der Waals surface area contributed by atoms with Crippen LogP contribution in [0.25, 0.3) is 21.8 Å². The first-order valence-corrected chi connectivity index (χ1v) is 8.92. The molecule has 2 aromatic carbocycles. The van der Waals surface area contributed by atoms with E-state index in [4.69, 9.17) is 4.74 Å². The summed E-state index contributed by atoms with van der Waals surface area (Å²) in [6.07, 6.45) is 1.69. The highest BCUT2D eigenvalue weighted by Crippen LogP contribution is 2.23. The number of anilines is 1. The van der Waals surface area contributed by atoms with Crippen molar-refractivity contribution in [1.29, 1.82) is 0 Å². The molecular formula is C22H19N3O3. The van der Waals surface area contributed by atoms with Gasteiger partial charge >= 0.3 is 5.97 Å². The topological polar surface area (TPSA) is 84.1 Å². The predicted molar refractivity (Wildman–Crippen MR) is 108 cm³/mol. The number of hydrogen-bond acceptors (Lipinski definition) is 4. The van der Waals surface area contributed by atoms with E-state index in [1.54, 1.807) is 30.5 Å². The zero-order valence-electron chi connectivity index (χ0n) is 15.6. The van der Waals surface area contributed by atoms with E-state index in [9.17, 15) is 9.59 Å². The van der Waals surface area contributed by atoms with Gasteiger partial charge in [-0.05, 0) is 61.9 Å².